The van der Waals surface area contributed by atoms with E-state index in [1.165, 1.54) is 0 Å². The summed E-state index contributed by atoms with van der Waals surface area (Å²) in [6, 6.07) is 7.23. The van der Waals surface area contributed by atoms with E-state index in [0.29, 0.717) is 24.6 Å². The number of amides is 1. The predicted molar refractivity (Wildman–Crippen MR) is 127 cm³/mol. The van der Waals surface area contributed by atoms with Gasteiger partial charge in [0.2, 0.25) is 0 Å². The Morgan fingerprint density at radius 1 is 1.12 bits per heavy atom. The van der Waals surface area contributed by atoms with E-state index in [1.807, 2.05) is 12.1 Å². The van der Waals surface area contributed by atoms with Crippen LogP contribution < -0.4 is 20.1 Å². The van der Waals surface area contributed by atoms with Crippen LogP contribution in [0.4, 0.5) is 5.82 Å². The van der Waals surface area contributed by atoms with E-state index in [1.54, 1.807) is 41.9 Å². The van der Waals surface area contributed by atoms with Crippen molar-refractivity contribution in [1.82, 2.24) is 25.1 Å². The molecular formula is C22H30N6O3S. The van der Waals surface area contributed by atoms with E-state index in [-0.39, 0.29) is 12.5 Å². The number of benzene rings is 1. The lowest BCUT2D eigenvalue weighted by atomic mass is 10.3. The first-order valence-corrected chi connectivity index (χ1v) is 11.8. The van der Waals surface area contributed by atoms with Gasteiger partial charge in [0.05, 0.1) is 25.2 Å². The normalized spacial score (nSPS) is 10.8. The van der Waals surface area contributed by atoms with Gasteiger partial charge in [-0.05, 0) is 25.0 Å². The molecule has 32 heavy (non-hydrogen) atoms. The van der Waals surface area contributed by atoms with Crippen LogP contribution in [-0.4, -0.2) is 58.2 Å². The third-order valence-electron chi connectivity index (χ3n) is 4.53. The van der Waals surface area contributed by atoms with Crippen molar-refractivity contribution in [2.45, 2.75) is 38.4 Å². The Hall–Kier alpha value is -3.01. The molecule has 0 aliphatic rings. The number of nitrogens with one attached hydrogen (secondary N) is 2. The maximum absolute atomic E-state index is 12.2. The molecule has 0 saturated heterocycles. The molecule has 0 aliphatic heterocycles. The number of hydrogen-bond acceptors (Lipinski definition) is 8. The molecule has 0 spiro atoms. The Bertz CT molecular complexity index is 1030. The Morgan fingerprint density at radius 3 is 2.69 bits per heavy atom. The summed E-state index contributed by atoms with van der Waals surface area (Å²) >= 11 is 1.63. The minimum Gasteiger partial charge on any atom is -0.493 e. The van der Waals surface area contributed by atoms with Crippen LogP contribution in [0.5, 0.6) is 11.5 Å². The fourth-order valence-electron chi connectivity index (χ4n) is 2.97. The van der Waals surface area contributed by atoms with Gasteiger partial charge in [-0.2, -0.15) is 5.10 Å². The summed E-state index contributed by atoms with van der Waals surface area (Å²) in [7, 11) is 1.57. The zero-order valence-corrected chi connectivity index (χ0v) is 19.6. The van der Waals surface area contributed by atoms with Crippen LogP contribution in [0.15, 0.2) is 35.6 Å². The maximum Gasteiger partial charge on any atom is 0.258 e. The highest BCUT2D eigenvalue weighted by Crippen LogP contribution is 2.26. The number of nitrogens with zero attached hydrogens (tertiary/aromatic N) is 4. The zero-order chi connectivity index (χ0) is 22.8. The van der Waals surface area contributed by atoms with Gasteiger partial charge in [-0.1, -0.05) is 37.7 Å². The molecule has 0 unspecified atom stereocenters. The highest BCUT2D eigenvalue weighted by molar-refractivity contribution is 7.99. The van der Waals surface area contributed by atoms with Gasteiger partial charge < -0.3 is 20.1 Å². The molecule has 0 bridgehead atoms. The number of carbonyl (C=O) groups excluding carboxylic acids is 1. The van der Waals surface area contributed by atoms with Crippen molar-refractivity contribution < 1.29 is 14.3 Å². The van der Waals surface area contributed by atoms with Gasteiger partial charge in [0.15, 0.2) is 28.9 Å². The van der Waals surface area contributed by atoms with Crippen molar-refractivity contribution in [3.8, 4) is 11.5 Å². The highest BCUT2D eigenvalue weighted by Gasteiger charge is 2.13. The fourth-order valence-corrected chi connectivity index (χ4v) is 3.66. The molecular weight excluding hydrogens is 428 g/mol. The Morgan fingerprint density at radius 2 is 1.94 bits per heavy atom. The Balaban J connectivity index is 1.60. The van der Waals surface area contributed by atoms with E-state index < -0.39 is 0 Å². The number of fused-ring (bicyclic) bond motifs is 1. The van der Waals surface area contributed by atoms with Crippen molar-refractivity contribution in [3.05, 3.63) is 30.5 Å². The molecule has 0 radical (unpaired) electrons. The van der Waals surface area contributed by atoms with Gasteiger partial charge in [-0.15, -0.1) is 0 Å². The summed E-state index contributed by atoms with van der Waals surface area (Å²) < 4.78 is 12.6. The van der Waals surface area contributed by atoms with Gasteiger partial charge in [0, 0.05) is 18.8 Å². The molecule has 1 amide bonds. The average molecular weight is 459 g/mol. The second kappa shape index (κ2) is 12.1. The molecule has 9 nitrogen and oxygen atoms in total. The number of rotatable bonds is 13. The van der Waals surface area contributed by atoms with Crippen LogP contribution in [-0.2, 0) is 11.3 Å². The van der Waals surface area contributed by atoms with Gasteiger partial charge in [-0.3, -0.25) is 4.79 Å². The van der Waals surface area contributed by atoms with Crippen LogP contribution in [0.3, 0.4) is 0 Å². The molecule has 3 rings (SSSR count). The molecule has 2 aromatic heterocycles. The first-order valence-electron chi connectivity index (χ1n) is 10.8. The van der Waals surface area contributed by atoms with Crippen LogP contribution in [0.25, 0.3) is 11.0 Å². The summed E-state index contributed by atoms with van der Waals surface area (Å²) in [5, 5.41) is 12.3. The van der Waals surface area contributed by atoms with Gasteiger partial charge >= 0.3 is 0 Å². The molecule has 0 atom stereocenters. The number of methoxy groups -OCH3 is 1. The monoisotopic (exact) mass is 458 g/mol. The number of hydrogen-bond donors (Lipinski definition) is 2. The van der Waals surface area contributed by atoms with Crippen LogP contribution in [0, 0.1) is 0 Å². The lowest BCUT2D eigenvalue weighted by Crippen LogP contribution is -2.31. The molecule has 0 saturated carbocycles. The van der Waals surface area contributed by atoms with Crippen LogP contribution >= 0.6 is 11.8 Å². The lowest BCUT2D eigenvalue weighted by Gasteiger charge is -2.11. The standard InChI is InChI=1S/C22H30N6O3S/c1-4-10-24-20-16-14-25-28(21(16)27-22(26-20)32-13-5-2)12-11-23-19(29)15-31-18-9-7-6-8-17(18)30-3/h6-9,14H,4-5,10-13,15H2,1-3H3,(H,23,29)(H,24,26,27). The first-order chi connectivity index (χ1) is 15.7. The van der Waals surface area contributed by atoms with Crippen molar-refractivity contribution in [2.75, 3.05) is 37.9 Å². The first kappa shape index (κ1) is 23.6. The summed E-state index contributed by atoms with van der Waals surface area (Å²) in [6.07, 6.45) is 3.82. The third kappa shape index (κ3) is 6.25. The maximum atomic E-state index is 12.2. The number of aromatic nitrogens is 4. The van der Waals surface area contributed by atoms with Crippen LogP contribution in [0.2, 0.25) is 0 Å². The molecule has 2 heterocycles. The smallest absolute Gasteiger partial charge is 0.258 e. The average Bonchev–Trinajstić information content (AvgIpc) is 3.23. The number of anilines is 1. The van der Waals surface area contributed by atoms with Gasteiger partial charge in [-0.25, -0.2) is 14.6 Å². The molecule has 2 N–H and O–H groups in total. The Kier molecular flexibility index (Phi) is 8.97. The molecule has 172 valence electrons. The van der Waals surface area contributed by atoms with E-state index in [9.17, 15) is 4.79 Å². The van der Waals surface area contributed by atoms with E-state index in [2.05, 4.69) is 34.6 Å². The van der Waals surface area contributed by atoms with Gasteiger partial charge in [0.1, 0.15) is 5.82 Å². The quantitative estimate of drug-likeness (QED) is 0.297. The second-order valence-corrected chi connectivity index (χ2v) is 8.09. The zero-order valence-electron chi connectivity index (χ0n) is 18.8. The molecule has 0 aliphatic carbocycles. The summed E-state index contributed by atoms with van der Waals surface area (Å²) in [4.78, 5) is 21.6. The number of para-hydroxylation sites is 2. The third-order valence-corrected chi connectivity index (χ3v) is 5.58. The van der Waals surface area contributed by atoms with E-state index in [4.69, 9.17) is 14.5 Å². The lowest BCUT2D eigenvalue weighted by molar-refractivity contribution is -0.123. The highest BCUT2D eigenvalue weighted by atomic mass is 32.2. The Labute approximate surface area is 192 Å². The van der Waals surface area contributed by atoms with Crippen molar-refractivity contribution in [2.24, 2.45) is 0 Å². The summed E-state index contributed by atoms with van der Waals surface area (Å²) in [6.45, 7) is 5.88. The van der Waals surface area contributed by atoms with E-state index in [0.717, 1.165) is 47.1 Å². The van der Waals surface area contributed by atoms with Crippen molar-refractivity contribution in [3.63, 3.8) is 0 Å². The summed E-state index contributed by atoms with van der Waals surface area (Å²) in [5.41, 5.74) is 0.761. The number of ether oxygens (including phenoxy) is 2. The number of carbonyl (C=O) groups is 1. The minimum absolute atomic E-state index is 0.0920. The fraction of sp³-hybridized carbons (Fsp3) is 0.455. The second-order valence-electron chi connectivity index (χ2n) is 7.02. The van der Waals surface area contributed by atoms with Crippen LogP contribution in [0.1, 0.15) is 26.7 Å². The van der Waals surface area contributed by atoms with Gasteiger partial charge in [0.25, 0.3) is 5.91 Å². The predicted octanol–water partition coefficient (Wildman–Crippen LogP) is 3.35. The van der Waals surface area contributed by atoms with E-state index >= 15 is 0 Å². The SMILES string of the molecule is CCCNc1nc(SCCC)nc2c1cnn2CCNC(=O)COc1ccccc1OC. The number of thioether (sulfide) groups is 1. The molecule has 3 aromatic rings. The van der Waals surface area contributed by atoms with Crippen molar-refractivity contribution >= 4 is 34.5 Å². The topological polar surface area (TPSA) is 103 Å². The van der Waals surface area contributed by atoms with Crippen molar-refractivity contribution in [1.29, 1.82) is 0 Å². The largest absolute Gasteiger partial charge is 0.493 e. The minimum atomic E-state index is -0.216. The summed E-state index contributed by atoms with van der Waals surface area (Å²) in [5.74, 6) is 2.66. The molecule has 0 fully saturated rings. The molecule has 10 heteroatoms. The molecule has 1 aromatic carbocycles.